The molecule has 13 nitrogen and oxygen atoms in total. The first-order valence-electron chi connectivity index (χ1n) is 29.0. The molecule has 15 heteroatoms. The Hall–Kier alpha value is -5.92. The molecular weight excluding hydrogens is 1210 g/mol. The van der Waals surface area contributed by atoms with Crippen molar-refractivity contribution in [2.75, 3.05) is 38.2 Å². The maximum atomic E-state index is 12.5. The minimum atomic E-state index is -0.804. The summed E-state index contributed by atoms with van der Waals surface area (Å²) in [6.07, 6.45) is 20.1. The molecule has 0 spiro atoms. The second kappa shape index (κ2) is 32.2. The third-order valence-electron chi connectivity index (χ3n) is 17.0. The number of alkyl carbamates (subject to hydrolysis) is 1. The van der Waals surface area contributed by atoms with Gasteiger partial charge in [0.25, 0.3) is 5.91 Å². The number of allylic oxidation sites excluding steroid dienone is 8. The number of benzene rings is 6. The van der Waals surface area contributed by atoms with Crippen molar-refractivity contribution in [2.24, 2.45) is 11.6 Å². The Labute approximate surface area is 554 Å². The van der Waals surface area contributed by atoms with E-state index in [4.69, 9.17) is 16.3 Å². The van der Waals surface area contributed by atoms with Gasteiger partial charge in [-0.15, -0.1) is 69.1 Å². The van der Waals surface area contributed by atoms with Gasteiger partial charge in [0, 0.05) is 114 Å². The van der Waals surface area contributed by atoms with Crippen LogP contribution < -0.4 is 32.5 Å². The van der Waals surface area contributed by atoms with Gasteiger partial charge in [-0.25, -0.2) is 15.2 Å². The van der Waals surface area contributed by atoms with Gasteiger partial charge in [-0.3, -0.25) is 19.8 Å². The second-order valence-electron chi connectivity index (χ2n) is 21.5. The molecule has 3 aliphatic rings. The van der Waals surface area contributed by atoms with Gasteiger partial charge in [0.15, 0.2) is 17.9 Å². The number of fused-ring (bicyclic) bond motifs is 9. The summed E-state index contributed by atoms with van der Waals surface area (Å²) in [4.78, 5) is 50.8. The van der Waals surface area contributed by atoms with Crippen molar-refractivity contribution >= 4 is 62.5 Å². The number of aryl methyl sites for hydroxylation is 2. The number of hydrogen-bond donors (Lipinski definition) is 6. The third kappa shape index (κ3) is 14.9. The van der Waals surface area contributed by atoms with Gasteiger partial charge in [-0.2, -0.15) is 0 Å². The standard InChI is InChI=1S/C48H54N3O3.C21H26N4O3.CH3.2Y/c1-8-47(9-2)41(50(29-27-43(52)49-7)39-25-21-35-31-33(5)19-23-37(35)45(39)47)17-15-13-12-14-16-18-42-48(10-3,11-4)46-38-24-20-34(6)32-36(38)22-26-40(46)51(42)30-28-44(53)54;22-12-6-5-11-19(20(26)25-23)24-21(27)28-13-18-16-9-3-1-7-14(16)15-8-2-4-10-17(15)18;;;/h12-22,25-26,31-32H,8-11,27-30H2,1-7H3,(H,49,52)(H,53,54);1-4,7-10,18-19H,5-6,11-13,22-23H2,(H,24,27)(H,25,26);1H3;;/q-1;;-1;;/t;19-;;;/m.0.../s1. The molecular formula is C70H83N7O6Y2-2. The fraction of sp³-hybridized carbons (Fsp3) is 0.343. The van der Waals surface area contributed by atoms with Crippen LogP contribution in [0, 0.1) is 33.4 Å². The summed E-state index contributed by atoms with van der Waals surface area (Å²) in [6.45, 7) is 14.9. The molecule has 0 aromatic heterocycles. The van der Waals surface area contributed by atoms with E-state index in [0.717, 1.165) is 87.6 Å². The van der Waals surface area contributed by atoms with Crippen molar-refractivity contribution in [3.8, 4) is 11.1 Å². The van der Waals surface area contributed by atoms with Gasteiger partial charge in [0.2, 0.25) is 5.91 Å². The smallest absolute Gasteiger partial charge is 0.407 e. The van der Waals surface area contributed by atoms with Crippen LogP contribution in [0.5, 0.6) is 0 Å². The molecule has 0 bridgehead atoms. The zero-order chi connectivity index (χ0) is 58.6. The summed E-state index contributed by atoms with van der Waals surface area (Å²) in [5.74, 6) is 3.95. The Bertz CT molecular complexity index is 3460. The number of ether oxygens (including phenoxy) is 1. The minimum Gasteiger partial charge on any atom is -0.481 e. The van der Waals surface area contributed by atoms with Crippen LogP contribution in [0.3, 0.4) is 0 Å². The number of amides is 3. The molecule has 2 radical (unpaired) electrons. The van der Waals surface area contributed by atoms with E-state index in [1.54, 1.807) is 7.05 Å². The van der Waals surface area contributed by atoms with Gasteiger partial charge in [0.1, 0.15) is 19.1 Å². The zero-order valence-electron chi connectivity index (χ0n) is 50.8. The maximum absolute atomic E-state index is 12.5. The predicted octanol–water partition coefficient (Wildman–Crippen LogP) is 12.6. The van der Waals surface area contributed by atoms with Gasteiger partial charge >= 0.3 is 12.1 Å². The first-order chi connectivity index (χ1) is 39.7. The minimum absolute atomic E-state index is 0. The number of hydrogen-bond acceptors (Lipinski definition) is 8. The Kier molecular flexibility index (Phi) is 26.4. The molecule has 0 unspecified atom stereocenters. The molecule has 0 fully saturated rings. The number of carboxylic acids is 1. The molecule has 442 valence electrons. The molecule has 85 heavy (non-hydrogen) atoms. The molecule has 3 amide bonds. The normalized spacial score (nSPS) is 15.1. The molecule has 6 aromatic rings. The maximum Gasteiger partial charge on any atom is 0.407 e. The number of hydrazine groups is 1. The number of carbonyl (C=O) groups excluding carboxylic acids is 3. The number of nitrogens with one attached hydrogen (secondary N) is 3. The van der Waals surface area contributed by atoms with Crippen LogP contribution in [0.4, 0.5) is 16.2 Å². The van der Waals surface area contributed by atoms with Crippen molar-refractivity contribution in [3.63, 3.8) is 0 Å². The first-order valence-corrected chi connectivity index (χ1v) is 29.0. The summed E-state index contributed by atoms with van der Waals surface area (Å²) in [7, 11) is 1.69. The number of nitrogens with zero attached hydrogens (tertiary/aromatic N) is 2. The molecule has 2 heterocycles. The van der Waals surface area contributed by atoms with Crippen LogP contribution in [-0.2, 0) is 95.4 Å². The van der Waals surface area contributed by atoms with Gasteiger partial charge < -0.3 is 38.5 Å². The molecule has 1 atom stereocenters. The predicted molar refractivity (Wildman–Crippen MR) is 337 cm³/mol. The molecule has 2 aliphatic heterocycles. The van der Waals surface area contributed by atoms with E-state index in [0.29, 0.717) is 38.9 Å². The van der Waals surface area contributed by atoms with Crippen molar-refractivity contribution in [3.05, 3.63) is 198 Å². The Morgan fingerprint density at radius 2 is 1.34 bits per heavy atom. The molecule has 9 rings (SSSR count). The largest absolute Gasteiger partial charge is 0.481 e. The fourth-order valence-electron chi connectivity index (χ4n) is 12.8. The zero-order valence-corrected chi connectivity index (χ0v) is 56.5. The van der Waals surface area contributed by atoms with Crippen LogP contribution in [0.2, 0.25) is 0 Å². The van der Waals surface area contributed by atoms with Crippen LogP contribution >= 0.6 is 0 Å². The van der Waals surface area contributed by atoms with Crippen LogP contribution in [0.1, 0.15) is 125 Å². The third-order valence-corrected chi connectivity index (χ3v) is 17.0. The van der Waals surface area contributed by atoms with Crippen molar-refractivity contribution < 1.29 is 99.0 Å². The molecule has 1 aliphatic carbocycles. The molecule has 6 aromatic carbocycles. The monoisotopic (exact) mass is 1300 g/mol. The number of nitrogens with two attached hydrogens (primary N) is 2. The first kappa shape index (κ1) is 69.8. The number of carboxylic acid groups (broad SMARTS) is 1. The Morgan fingerprint density at radius 3 is 1.92 bits per heavy atom. The van der Waals surface area contributed by atoms with E-state index in [1.165, 1.54) is 33.3 Å². The van der Waals surface area contributed by atoms with Crippen molar-refractivity contribution in [1.82, 2.24) is 16.1 Å². The number of aliphatic carboxylic acids is 1. The number of unbranched alkanes of at least 4 members (excludes halogenated alkanes) is 1. The molecule has 0 saturated carbocycles. The average Bonchev–Trinajstić information content (AvgIpc) is 1.65. The number of carbonyl (C=O) groups is 4. The second-order valence-corrected chi connectivity index (χ2v) is 21.5. The Morgan fingerprint density at radius 1 is 0.765 bits per heavy atom. The molecule has 8 N–H and O–H groups in total. The van der Waals surface area contributed by atoms with Crippen LogP contribution in [-0.4, -0.2) is 78.6 Å². The van der Waals surface area contributed by atoms with Crippen molar-refractivity contribution in [1.29, 1.82) is 0 Å². The van der Waals surface area contributed by atoms with E-state index in [9.17, 15) is 24.3 Å². The average molecular weight is 1300 g/mol. The summed E-state index contributed by atoms with van der Waals surface area (Å²) in [5, 5.41) is 19.7. The summed E-state index contributed by atoms with van der Waals surface area (Å²) in [6, 6.07) is 40.0. The molecule has 0 saturated heterocycles. The van der Waals surface area contributed by atoms with E-state index >= 15 is 0 Å². The SMILES string of the molecule is CCC1(CC)C(=CC=CC=CC=CC2=[N+](CCC(=O)O)c3ccc4cc(C)c[c-]c4c3C2(CC)CC)N(CCC(=O)NC)c2ccc3cc(C)c[c-]c3c21.NCCCC[C@H](NC(=O)OCC1c2ccccc2-c2ccccc21)C(=O)NN.[CH3-].[Y].[Y]. The van der Waals surface area contributed by atoms with Gasteiger partial charge in [-0.1, -0.05) is 144 Å². The topological polar surface area (TPSA) is 192 Å². The van der Waals surface area contributed by atoms with Crippen LogP contribution in [0.25, 0.3) is 32.7 Å². The fourth-order valence-corrected chi connectivity index (χ4v) is 12.8. The Balaban J connectivity index is 0.000000360. The van der Waals surface area contributed by atoms with E-state index in [2.05, 4.69) is 188 Å². The summed E-state index contributed by atoms with van der Waals surface area (Å²) >= 11 is 0. The number of rotatable bonds is 22. The van der Waals surface area contributed by atoms with E-state index < -0.39 is 24.0 Å². The van der Waals surface area contributed by atoms with Gasteiger partial charge in [0.05, 0.1) is 5.41 Å². The van der Waals surface area contributed by atoms with E-state index in [-0.39, 0.29) is 109 Å². The summed E-state index contributed by atoms with van der Waals surface area (Å²) in [5.41, 5.74) is 21.2. The van der Waals surface area contributed by atoms with Crippen LogP contribution in [0.15, 0.2) is 145 Å². The number of anilines is 1. The van der Waals surface area contributed by atoms with Crippen molar-refractivity contribution in [2.45, 2.75) is 122 Å². The quantitative estimate of drug-likeness (QED) is 0.00730. The van der Waals surface area contributed by atoms with Gasteiger partial charge in [-0.05, 0) is 91.5 Å². The summed E-state index contributed by atoms with van der Waals surface area (Å²) < 4.78 is 7.69. The van der Waals surface area contributed by atoms with E-state index in [1.807, 2.05) is 30.3 Å².